The zero-order chi connectivity index (χ0) is 24.2. The molecule has 0 aliphatic rings. The Balaban J connectivity index is 1.88. The van der Waals surface area contributed by atoms with E-state index in [1.165, 1.54) is 15.4 Å². The molecule has 2 rings (SSSR count). The first-order chi connectivity index (χ1) is 15.8. The van der Waals surface area contributed by atoms with Crippen LogP contribution in [0.4, 0.5) is 5.82 Å². The van der Waals surface area contributed by atoms with E-state index in [0.717, 1.165) is 38.6 Å². The predicted octanol–water partition coefficient (Wildman–Crippen LogP) is 0.0233. The summed E-state index contributed by atoms with van der Waals surface area (Å²) in [5.41, 5.74) is 16.1. The number of hydrogen-bond acceptors (Lipinski definition) is 7. The summed E-state index contributed by atoms with van der Waals surface area (Å²) in [5.74, 6) is -0.232. The van der Waals surface area contributed by atoms with Crippen LogP contribution < -0.4 is 33.5 Å². The van der Waals surface area contributed by atoms with Gasteiger partial charge in [0.15, 0.2) is 5.96 Å². The van der Waals surface area contributed by atoms with Crippen LogP contribution in [-0.4, -0.2) is 56.9 Å². The molecule has 0 saturated carbocycles. The zero-order valence-electron chi connectivity index (χ0n) is 18.8. The van der Waals surface area contributed by atoms with Crippen molar-refractivity contribution in [3.8, 4) is 0 Å². The number of guanidine groups is 1. The maximum atomic E-state index is 12.4. The Bertz CT molecular complexity index is 983. The molecule has 13 heteroatoms. The van der Waals surface area contributed by atoms with E-state index in [4.69, 9.17) is 28.8 Å². The van der Waals surface area contributed by atoms with Crippen molar-refractivity contribution in [3.05, 3.63) is 39.7 Å². The van der Waals surface area contributed by atoms with Gasteiger partial charge in [-0.15, -0.1) is 0 Å². The minimum atomic E-state index is -0.482. The van der Waals surface area contributed by atoms with Gasteiger partial charge in [0, 0.05) is 32.4 Å². The lowest BCUT2D eigenvalue weighted by Crippen LogP contribution is -2.32. The number of nitrogens with one attached hydrogen (secondary N) is 2. The van der Waals surface area contributed by atoms with Gasteiger partial charge in [0.05, 0.1) is 11.8 Å². The van der Waals surface area contributed by atoms with Crippen LogP contribution >= 0.6 is 11.6 Å². The lowest BCUT2D eigenvalue weighted by Gasteiger charge is -2.18. The molecule has 2 heterocycles. The van der Waals surface area contributed by atoms with Gasteiger partial charge in [0.1, 0.15) is 11.0 Å². The van der Waals surface area contributed by atoms with E-state index in [2.05, 4.69) is 25.7 Å². The lowest BCUT2D eigenvalue weighted by molar-refractivity contribution is 0.102. The van der Waals surface area contributed by atoms with Gasteiger partial charge in [-0.1, -0.05) is 11.6 Å². The monoisotopic (exact) mass is 480 g/mol. The first kappa shape index (κ1) is 26.3. The highest BCUT2D eigenvalue weighted by atomic mass is 35.5. The number of aromatic nitrogens is 4. The second kappa shape index (κ2) is 13.6. The van der Waals surface area contributed by atoms with Gasteiger partial charge in [-0.3, -0.25) is 19.0 Å². The lowest BCUT2D eigenvalue weighted by atomic mass is 10.1. The number of halogens is 1. The minimum Gasteiger partial charge on any atom is -0.370 e. The number of anilines is 1. The van der Waals surface area contributed by atoms with Crippen molar-refractivity contribution in [3.63, 3.8) is 0 Å². The topological polar surface area (TPSA) is 184 Å². The highest BCUT2D eigenvalue weighted by Crippen LogP contribution is 2.15. The zero-order valence-corrected chi connectivity index (χ0v) is 19.6. The average Bonchev–Trinajstić information content (AvgIpc) is 3.10. The Hall–Kier alpha value is -2.96. The van der Waals surface area contributed by atoms with Gasteiger partial charge in [-0.2, -0.15) is 10.1 Å². The smallest absolute Gasteiger partial charge is 0.349 e. The maximum Gasteiger partial charge on any atom is 0.349 e. The van der Waals surface area contributed by atoms with Crippen LogP contribution in [0.2, 0.25) is 5.15 Å². The second-order valence-corrected chi connectivity index (χ2v) is 7.96. The third-order valence-electron chi connectivity index (χ3n) is 5.00. The molecule has 1 atom stereocenters. The van der Waals surface area contributed by atoms with Gasteiger partial charge in [-0.25, -0.2) is 4.79 Å². The standard InChI is InChI=1S/C20H33ClN10O2/c1-30-17(21)15(13-27-30)18(32)28-16-7-12-31(20(33)29-16)11-3-6-14(25-10-4-8-22)5-2-9-26-19(23)24/h7,12-14,25H,2-6,8-11,22H2,1H3,(H4,23,24,26)(H,28,29,32,33). The van der Waals surface area contributed by atoms with Gasteiger partial charge < -0.3 is 27.8 Å². The Morgan fingerprint density at radius 2 is 2.03 bits per heavy atom. The number of amides is 1. The molecule has 8 N–H and O–H groups in total. The fraction of sp³-hybridized carbons (Fsp3) is 0.550. The molecule has 1 unspecified atom stereocenters. The third-order valence-corrected chi connectivity index (χ3v) is 5.45. The SMILES string of the molecule is Cn1ncc(C(=O)Nc2ccn(CCCC(CCCN=C(N)N)NCCCN)c(=O)n2)c1Cl. The quantitative estimate of drug-likeness (QED) is 0.142. The van der Waals surface area contributed by atoms with Gasteiger partial charge in [0.2, 0.25) is 0 Å². The van der Waals surface area contributed by atoms with E-state index in [0.29, 0.717) is 19.6 Å². The van der Waals surface area contributed by atoms with Gasteiger partial charge in [-0.05, 0) is 51.3 Å². The molecule has 0 aromatic carbocycles. The van der Waals surface area contributed by atoms with Crippen molar-refractivity contribution in [2.75, 3.05) is 25.0 Å². The molecule has 0 aliphatic heterocycles. The number of aliphatic imine (C=N–C) groups is 1. The number of nitrogens with zero attached hydrogens (tertiary/aromatic N) is 5. The fourth-order valence-electron chi connectivity index (χ4n) is 3.24. The van der Waals surface area contributed by atoms with Crippen LogP contribution in [0.5, 0.6) is 0 Å². The number of hydrogen-bond donors (Lipinski definition) is 5. The Morgan fingerprint density at radius 1 is 1.27 bits per heavy atom. The number of carbonyl (C=O) groups excluding carboxylic acids is 1. The molecule has 12 nitrogen and oxygen atoms in total. The van der Waals surface area contributed by atoms with E-state index in [9.17, 15) is 9.59 Å². The molecule has 0 fully saturated rings. The molecule has 2 aromatic heterocycles. The minimum absolute atomic E-state index is 0.0951. The van der Waals surface area contributed by atoms with Crippen molar-refractivity contribution in [2.45, 2.75) is 44.7 Å². The van der Waals surface area contributed by atoms with Crippen LogP contribution in [0, 0.1) is 0 Å². The van der Waals surface area contributed by atoms with Crippen molar-refractivity contribution >= 4 is 29.3 Å². The van der Waals surface area contributed by atoms with Crippen LogP contribution in [-0.2, 0) is 13.6 Å². The Morgan fingerprint density at radius 3 is 2.67 bits per heavy atom. The summed E-state index contributed by atoms with van der Waals surface area (Å²) in [6, 6.07) is 1.85. The van der Waals surface area contributed by atoms with Crippen LogP contribution in [0.3, 0.4) is 0 Å². The average molecular weight is 481 g/mol. The van der Waals surface area contributed by atoms with E-state index in [1.807, 2.05) is 0 Å². The number of carbonyl (C=O) groups is 1. The highest BCUT2D eigenvalue weighted by Gasteiger charge is 2.15. The predicted molar refractivity (Wildman–Crippen MR) is 129 cm³/mol. The fourth-order valence-corrected chi connectivity index (χ4v) is 3.42. The maximum absolute atomic E-state index is 12.4. The summed E-state index contributed by atoms with van der Waals surface area (Å²) in [7, 11) is 1.63. The molecule has 0 radical (unpaired) electrons. The van der Waals surface area contributed by atoms with Crippen molar-refractivity contribution in [1.82, 2.24) is 24.6 Å². The van der Waals surface area contributed by atoms with E-state index >= 15 is 0 Å². The molecule has 182 valence electrons. The molecule has 0 spiro atoms. The molecular weight excluding hydrogens is 448 g/mol. The third kappa shape index (κ3) is 8.83. The molecule has 0 aliphatic carbocycles. The highest BCUT2D eigenvalue weighted by molar-refractivity contribution is 6.33. The van der Waals surface area contributed by atoms with Crippen LogP contribution in [0.15, 0.2) is 28.2 Å². The molecule has 0 bridgehead atoms. The largest absolute Gasteiger partial charge is 0.370 e. The summed E-state index contributed by atoms with van der Waals surface area (Å²) in [6.07, 6.45) is 7.29. The Kier molecular flexibility index (Phi) is 10.8. The molecule has 2 aromatic rings. The van der Waals surface area contributed by atoms with E-state index in [-0.39, 0.29) is 28.5 Å². The van der Waals surface area contributed by atoms with E-state index in [1.54, 1.807) is 19.3 Å². The first-order valence-electron chi connectivity index (χ1n) is 10.9. The summed E-state index contributed by atoms with van der Waals surface area (Å²) in [6.45, 7) is 2.56. The number of rotatable bonds is 14. The number of aryl methyl sites for hydroxylation is 2. The van der Waals surface area contributed by atoms with Crippen molar-refractivity contribution < 1.29 is 4.79 Å². The van der Waals surface area contributed by atoms with Crippen molar-refractivity contribution in [2.24, 2.45) is 29.2 Å². The molecule has 1 amide bonds. The second-order valence-electron chi connectivity index (χ2n) is 7.60. The normalized spacial score (nSPS) is 11.8. The summed E-state index contributed by atoms with van der Waals surface area (Å²) >= 11 is 6.03. The molecular formula is C20H33ClN10O2. The van der Waals surface area contributed by atoms with Crippen LogP contribution in [0.1, 0.15) is 42.5 Å². The summed E-state index contributed by atoms with van der Waals surface area (Å²) in [5, 5.41) is 10.2. The van der Waals surface area contributed by atoms with E-state index < -0.39 is 11.6 Å². The number of nitrogens with two attached hydrogens (primary N) is 3. The summed E-state index contributed by atoms with van der Waals surface area (Å²) in [4.78, 5) is 32.7. The van der Waals surface area contributed by atoms with Crippen LogP contribution in [0.25, 0.3) is 0 Å². The Labute approximate surface area is 197 Å². The van der Waals surface area contributed by atoms with Gasteiger partial charge in [0.25, 0.3) is 5.91 Å². The van der Waals surface area contributed by atoms with Crippen molar-refractivity contribution in [1.29, 1.82) is 0 Å². The molecule has 33 heavy (non-hydrogen) atoms. The molecule has 0 saturated heterocycles. The van der Waals surface area contributed by atoms with Gasteiger partial charge >= 0.3 is 5.69 Å². The summed E-state index contributed by atoms with van der Waals surface area (Å²) < 4.78 is 2.89. The first-order valence-corrected chi connectivity index (χ1v) is 11.2.